The number of hydrogen-bond donors (Lipinski definition) is 1. The summed E-state index contributed by atoms with van der Waals surface area (Å²) in [5, 5.41) is 3.18. The average Bonchev–Trinajstić information content (AvgIpc) is 3.04. The summed E-state index contributed by atoms with van der Waals surface area (Å²) in [5.74, 6) is -0.312. The molecule has 0 fully saturated rings. The van der Waals surface area contributed by atoms with Gasteiger partial charge in [0.15, 0.2) is 0 Å². The molecule has 0 radical (unpaired) electrons. The molecule has 0 saturated carbocycles. The van der Waals surface area contributed by atoms with Gasteiger partial charge in [-0.15, -0.1) is 0 Å². The number of rotatable bonds is 8. The third-order valence-electron chi connectivity index (χ3n) is 5.79. The lowest BCUT2D eigenvalue weighted by Crippen LogP contribution is -2.34. The van der Waals surface area contributed by atoms with Crippen LogP contribution in [-0.2, 0) is 16.0 Å². The van der Waals surface area contributed by atoms with Crippen molar-refractivity contribution in [3.8, 4) is 5.75 Å². The number of halogens is 1. The number of aryl methyl sites for hydroxylation is 2. The SMILES string of the molecule is CCOc1ccc(NC2=C(c3ccc(C)cc3C)C(=O)N(CCc3ccc(F)cc3)C2=O)cc1. The summed E-state index contributed by atoms with van der Waals surface area (Å²) in [7, 11) is 0. The van der Waals surface area contributed by atoms with E-state index >= 15 is 0 Å². The second kappa shape index (κ2) is 9.91. The number of anilines is 1. The first kappa shape index (κ1) is 23.2. The molecule has 0 aromatic heterocycles. The molecule has 4 rings (SSSR count). The molecule has 3 aromatic carbocycles. The number of carbonyl (C=O) groups excluding carboxylic acids is 2. The maximum atomic E-state index is 13.5. The van der Waals surface area contributed by atoms with Crippen LogP contribution < -0.4 is 10.1 Å². The summed E-state index contributed by atoms with van der Waals surface area (Å²) in [6.07, 6.45) is 0.439. The Labute approximate surface area is 198 Å². The van der Waals surface area contributed by atoms with Gasteiger partial charge in [0.2, 0.25) is 0 Å². The van der Waals surface area contributed by atoms with Crippen LogP contribution in [0.3, 0.4) is 0 Å². The number of hydrogen-bond acceptors (Lipinski definition) is 4. The van der Waals surface area contributed by atoms with Gasteiger partial charge >= 0.3 is 0 Å². The Morgan fingerprint density at radius 1 is 0.912 bits per heavy atom. The first-order valence-electron chi connectivity index (χ1n) is 11.3. The van der Waals surface area contributed by atoms with E-state index in [2.05, 4.69) is 5.32 Å². The number of benzene rings is 3. The van der Waals surface area contributed by atoms with Crippen LogP contribution in [0, 0.1) is 19.7 Å². The average molecular weight is 459 g/mol. The maximum Gasteiger partial charge on any atom is 0.278 e. The zero-order valence-corrected chi connectivity index (χ0v) is 19.5. The highest BCUT2D eigenvalue weighted by Gasteiger charge is 2.39. The first-order valence-corrected chi connectivity index (χ1v) is 11.3. The van der Waals surface area contributed by atoms with Gasteiger partial charge in [-0.05, 0) is 80.3 Å². The van der Waals surface area contributed by atoms with Crippen molar-refractivity contribution in [1.29, 1.82) is 0 Å². The van der Waals surface area contributed by atoms with Crippen LogP contribution in [0.2, 0.25) is 0 Å². The Balaban J connectivity index is 1.66. The summed E-state index contributed by atoms with van der Waals surface area (Å²) in [6, 6.07) is 19.2. The molecule has 6 heteroatoms. The van der Waals surface area contributed by atoms with E-state index in [1.54, 1.807) is 12.1 Å². The number of amides is 2. The minimum atomic E-state index is -0.379. The lowest BCUT2D eigenvalue weighted by atomic mass is 9.97. The second-order valence-corrected chi connectivity index (χ2v) is 8.29. The van der Waals surface area contributed by atoms with Crippen molar-refractivity contribution < 1.29 is 18.7 Å². The zero-order chi connectivity index (χ0) is 24.2. The fourth-order valence-corrected chi connectivity index (χ4v) is 4.08. The van der Waals surface area contributed by atoms with E-state index in [1.807, 2.05) is 63.2 Å². The van der Waals surface area contributed by atoms with Gasteiger partial charge in [-0.1, -0.05) is 35.9 Å². The molecule has 1 N–H and O–H groups in total. The molecule has 1 aliphatic rings. The molecular weight excluding hydrogens is 431 g/mol. The number of carbonyl (C=O) groups is 2. The van der Waals surface area contributed by atoms with Crippen LogP contribution in [0.25, 0.3) is 5.57 Å². The second-order valence-electron chi connectivity index (χ2n) is 8.29. The number of nitrogens with zero attached hydrogens (tertiary/aromatic N) is 1. The molecule has 0 aliphatic carbocycles. The predicted octanol–water partition coefficient (Wildman–Crippen LogP) is 5.28. The highest BCUT2D eigenvalue weighted by atomic mass is 19.1. The fourth-order valence-electron chi connectivity index (χ4n) is 4.08. The van der Waals surface area contributed by atoms with E-state index in [0.29, 0.717) is 24.3 Å². The van der Waals surface area contributed by atoms with Crippen molar-refractivity contribution in [3.63, 3.8) is 0 Å². The molecule has 34 heavy (non-hydrogen) atoms. The summed E-state index contributed by atoms with van der Waals surface area (Å²) in [4.78, 5) is 28.2. The molecule has 0 atom stereocenters. The highest BCUT2D eigenvalue weighted by molar-refractivity contribution is 6.36. The van der Waals surface area contributed by atoms with Crippen LogP contribution in [0.15, 0.2) is 72.4 Å². The van der Waals surface area contributed by atoms with E-state index in [-0.39, 0.29) is 29.9 Å². The minimum Gasteiger partial charge on any atom is -0.494 e. The Morgan fingerprint density at radius 3 is 2.26 bits per heavy atom. The van der Waals surface area contributed by atoms with Gasteiger partial charge in [0, 0.05) is 12.2 Å². The van der Waals surface area contributed by atoms with Gasteiger partial charge in [0.25, 0.3) is 11.8 Å². The van der Waals surface area contributed by atoms with Crippen LogP contribution >= 0.6 is 0 Å². The van der Waals surface area contributed by atoms with Crippen molar-refractivity contribution >= 4 is 23.1 Å². The van der Waals surface area contributed by atoms with Crippen LogP contribution in [0.1, 0.15) is 29.2 Å². The lowest BCUT2D eigenvalue weighted by molar-refractivity contribution is -0.136. The first-order chi connectivity index (χ1) is 16.4. The molecule has 0 bridgehead atoms. The number of nitrogens with one attached hydrogen (secondary N) is 1. The standard InChI is InChI=1S/C28H27FN2O3/c1-4-34-23-12-10-22(11-13-23)30-26-25(24-14-5-18(2)17-19(24)3)27(32)31(28(26)33)16-15-20-6-8-21(29)9-7-20/h5-14,17,30H,4,15-16H2,1-3H3. The van der Waals surface area contributed by atoms with Crippen LogP contribution in [0.5, 0.6) is 5.75 Å². The number of imide groups is 1. The molecule has 1 aliphatic heterocycles. The quantitative estimate of drug-likeness (QED) is 0.467. The van der Waals surface area contributed by atoms with Gasteiger partial charge < -0.3 is 10.1 Å². The molecule has 0 spiro atoms. The van der Waals surface area contributed by atoms with Gasteiger partial charge in [0.05, 0.1) is 12.2 Å². The third-order valence-corrected chi connectivity index (χ3v) is 5.79. The topological polar surface area (TPSA) is 58.6 Å². The fraction of sp³-hybridized carbons (Fsp3) is 0.214. The van der Waals surface area contributed by atoms with Gasteiger partial charge in [-0.2, -0.15) is 0 Å². The van der Waals surface area contributed by atoms with Crippen molar-refractivity contribution in [2.24, 2.45) is 0 Å². The van der Waals surface area contributed by atoms with Crippen molar-refractivity contribution in [2.75, 3.05) is 18.5 Å². The maximum absolute atomic E-state index is 13.5. The number of ether oxygens (including phenoxy) is 1. The lowest BCUT2D eigenvalue weighted by Gasteiger charge is -2.15. The van der Waals surface area contributed by atoms with Crippen LogP contribution in [-0.4, -0.2) is 29.9 Å². The molecule has 2 amide bonds. The summed E-state index contributed by atoms with van der Waals surface area (Å²) < 4.78 is 18.7. The van der Waals surface area contributed by atoms with Gasteiger partial charge in [-0.25, -0.2) is 4.39 Å². The largest absolute Gasteiger partial charge is 0.494 e. The van der Waals surface area contributed by atoms with E-state index in [9.17, 15) is 14.0 Å². The van der Waals surface area contributed by atoms with Crippen molar-refractivity contribution in [3.05, 3.63) is 100 Å². The molecule has 1 heterocycles. The van der Waals surface area contributed by atoms with Gasteiger partial charge in [-0.3, -0.25) is 14.5 Å². The van der Waals surface area contributed by atoms with Crippen LogP contribution in [0.4, 0.5) is 10.1 Å². The van der Waals surface area contributed by atoms with E-state index in [4.69, 9.17) is 4.74 Å². The molecule has 0 unspecified atom stereocenters. The summed E-state index contributed by atoms with van der Waals surface area (Å²) >= 11 is 0. The predicted molar refractivity (Wildman–Crippen MR) is 131 cm³/mol. The molecule has 5 nitrogen and oxygen atoms in total. The van der Waals surface area contributed by atoms with Crippen molar-refractivity contribution in [1.82, 2.24) is 4.90 Å². The van der Waals surface area contributed by atoms with E-state index in [0.717, 1.165) is 28.0 Å². The molecular formula is C28H27FN2O3. The zero-order valence-electron chi connectivity index (χ0n) is 19.5. The highest BCUT2D eigenvalue weighted by Crippen LogP contribution is 2.33. The summed E-state index contributed by atoms with van der Waals surface area (Å²) in [5.41, 5.74) is 4.86. The van der Waals surface area contributed by atoms with Crippen molar-refractivity contribution in [2.45, 2.75) is 27.2 Å². The molecule has 0 saturated heterocycles. The Kier molecular flexibility index (Phi) is 6.77. The normalized spacial score (nSPS) is 13.6. The van der Waals surface area contributed by atoms with E-state index in [1.165, 1.54) is 17.0 Å². The molecule has 3 aromatic rings. The Bertz CT molecular complexity index is 1250. The minimum absolute atomic E-state index is 0.201. The molecule has 174 valence electrons. The van der Waals surface area contributed by atoms with E-state index < -0.39 is 0 Å². The van der Waals surface area contributed by atoms with Gasteiger partial charge in [0.1, 0.15) is 17.3 Å². The summed E-state index contributed by atoms with van der Waals surface area (Å²) in [6.45, 7) is 6.59. The Morgan fingerprint density at radius 2 is 1.62 bits per heavy atom. The smallest absolute Gasteiger partial charge is 0.278 e. The Hall–Kier alpha value is -3.93. The monoisotopic (exact) mass is 458 g/mol. The third kappa shape index (κ3) is 4.86.